The van der Waals surface area contributed by atoms with Gasteiger partial charge in [0.15, 0.2) is 6.61 Å². The zero-order chi connectivity index (χ0) is 22.0. The number of aryl methyl sites for hydroxylation is 1. The van der Waals surface area contributed by atoms with Crippen LogP contribution in [-0.2, 0) is 26.2 Å². The molecule has 0 unspecified atom stereocenters. The van der Waals surface area contributed by atoms with Crippen LogP contribution in [0.25, 0.3) is 0 Å². The lowest BCUT2D eigenvalue weighted by Crippen LogP contribution is -2.36. The number of nitrogens with zero attached hydrogens (tertiary/aromatic N) is 1. The highest BCUT2D eigenvalue weighted by atomic mass is 19.1. The van der Waals surface area contributed by atoms with Gasteiger partial charge >= 0.3 is 5.97 Å². The van der Waals surface area contributed by atoms with Crippen molar-refractivity contribution >= 4 is 11.8 Å². The lowest BCUT2D eigenvalue weighted by Gasteiger charge is -2.27. The molecule has 5 nitrogen and oxygen atoms in total. The van der Waals surface area contributed by atoms with E-state index in [1.165, 1.54) is 6.07 Å². The van der Waals surface area contributed by atoms with Crippen LogP contribution in [0.5, 0.6) is 0 Å². The van der Waals surface area contributed by atoms with E-state index in [0.29, 0.717) is 24.0 Å². The normalized spacial score (nSPS) is 20.2. The number of aromatic nitrogens is 1. The Morgan fingerprint density at radius 3 is 2.61 bits per heavy atom. The van der Waals surface area contributed by atoms with E-state index >= 15 is 0 Å². The monoisotopic (exact) mass is 427 g/mol. The second-order valence-corrected chi connectivity index (χ2v) is 8.80. The van der Waals surface area contributed by atoms with E-state index in [2.05, 4.69) is 4.57 Å². The first-order chi connectivity index (χ1) is 14.9. The molecule has 1 aliphatic carbocycles. The van der Waals surface area contributed by atoms with Gasteiger partial charge in [0.25, 0.3) is 0 Å². The number of benzene rings is 1. The maximum atomic E-state index is 14.5. The smallest absolute Gasteiger partial charge is 0.317 e. The molecule has 4 rings (SSSR count). The lowest BCUT2D eigenvalue weighted by atomic mass is 9.78. The summed E-state index contributed by atoms with van der Waals surface area (Å²) in [6, 6.07) is 8.23. The van der Waals surface area contributed by atoms with Crippen LogP contribution < -0.4 is 0 Å². The molecule has 0 N–H and O–H groups in total. The minimum absolute atomic E-state index is 0.175. The van der Waals surface area contributed by atoms with Gasteiger partial charge in [-0.15, -0.1) is 0 Å². The van der Waals surface area contributed by atoms with Crippen molar-refractivity contribution in [1.82, 2.24) is 4.57 Å². The number of rotatable bonds is 7. The Kier molecular flexibility index (Phi) is 6.28. The molecule has 0 bridgehead atoms. The summed E-state index contributed by atoms with van der Waals surface area (Å²) in [5.74, 6) is -1.14. The van der Waals surface area contributed by atoms with E-state index in [-0.39, 0.29) is 18.5 Å². The molecule has 1 saturated heterocycles. The van der Waals surface area contributed by atoms with Crippen molar-refractivity contribution in [2.45, 2.75) is 70.4 Å². The van der Waals surface area contributed by atoms with Crippen LogP contribution in [0.15, 0.2) is 30.3 Å². The third-order valence-electron chi connectivity index (χ3n) is 6.86. The summed E-state index contributed by atoms with van der Waals surface area (Å²) in [6.45, 7) is 5.06. The molecule has 166 valence electrons. The molecule has 1 saturated carbocycles. The molecule has 2 aliphatic rings. The molecule has 1 aromatic heterocycles. The van der Waals surface area contributed by atoms with E-state index in [9.17, 15) is 14.0 Å². The van der Waals surface area contributed by atoms with Gasteiger partial charge in [-0.1, -0.05) is 31.0 Å². The highest BCUT2D eigenvalue weighted by Crippen LogP contribution is 2.43. The van der Waals surface area contributed by atoms with Crippen LogP contribution in [0.1, 0.15) is 65.8 Å². The fraction of sp³-hybridized carbons (Fsp3) is 0.520. The number of esters is 1. The van der Waals surface area contributed by atoms with Crippen LogP contribution in [0.4, 0.5) is 4.39 Å². The molecule has 2 fully saturated rings. The highest BCUT2D eigenvalue weighted by Gasteiger charge is 2.46. The number of Topliss-reactive ketones (excluding diaryl/α,β-unsaturated/α-hetero) is 1. The number of carbonyl (C=O) groups excluding carboxylic acids is 2. The average Bonchev–Trinajstić information content (AvgIpc) is 3.50. The van der Waals surface area contributed by atoms with Gasteiger partial charge in [-0.3, -0.25) is 9.59 Å². The minimum atomic E-state index is -0.998. The Hall–Kier alpha value is -2.47. The SMILES string of the molecule is Cc1cc(C(=O)COC(=O)C2(c3ccccc3F)CCCC2)c(C)n1C[C@H]1CCCO1. The van der Waals surface area contributed by atoms with Gasteiger partial charge < -0.3 is 14.0 Å². The second-order valence-electron chi connectivity index (χ2n) is 8.80. The van der Waals surface area contributed by atoms with Gasteiger partial charge in [0.1, 0.15) is 5.82 Å². The van der Waals surface area contributed by atoms with Gasteiger partial charge in [-0.05, 0) is 51.7 Å². The number of halogens is 1. The molecule has 0 amide bonds. The average molecular weight is 428 g/mol. The summed E-state index contributed by atoms with van der Waals surface area (Å²) in [4.78, 5) is 26.0. The molecule has 2 heterocycles. The molecule has 1 atom stereocenters. The van der Waals surface area contributed by atoms with E-state index in [4.69, 9.17) is 9.47 Å². The summed E-state index contributed by atoms with van der Waals surface area (Å²) in [5.41, 5.74) is 1.79. The summed E-state index contributed by atoms with van der Waals surface area (Å²) in [7, 11) is 0. The summed E-state index contributed by atoms with van der Waals surface area (Å²) >= 11 is 0. The predicted octanol–water partition coefficient (Wildman–Crippen LogP) is 4.66. The Morgan fingerprint density at radius 1 is 1.19 bits per heavy atom. The van der Waals surface area contributed by atoms with Crippen molar-refractivity contribution in [3.8, 4) is 0 Å². The van der Waals surface area contributed by atoms with E-state index in [1.807, 2.05) is 19.9 Å². The van der Waals surface area contributed by atoms with Gasteiger partial charge in [0.2, 0.25) is 5.78 Å². The van der Waals surface area contributed by atoms with Crippen molar-refractivity contribution in [3.63, 3.8) is 0 Å². The van der Waals surface area contributed by atoms with Crippen LogP contribution in [0.2, 0.25) is 0 Å². The number of ketones is 1. The fourth-order valence-corrected chi connectivity index (χ4v) is 5.11. The molecule has 6 heteroatoms. The molecule has 1 aromatic carbocycles. The molecular formula is C25H30FNO4. The molecule has 0 spiro atoms. The first-order valence-corrected chi connectivity index (χ1v) is 11.2. The molecule has 31 heavy (non-hydrogen) atoms. The third kappa shape index (κ3) is 4.18. The maximum Gasteiger partial charge on any atom is 0.317 e. The Labute approximate surface area is 182 Å². The number of hydrogen-bond acceptors (Lipinski definition) is 4. The third-order valence-corrected chi connectivity index (χ3v) is 6.86. The van der Waals surface area contributed by atoms with Crippen LogP contribution in [0.3, 0.4) is 0 Å². The minimum Gasteiger partial charge on any atom is -0.457 e. The highest BCUT2D eigenvalue weighted by molar-refractivity contribution is 5.99. The predicted molar refractivity (Wildman–Crippen MR) is 115 cm³/mol. The van der Waals surface area contributed by atoms with E-state index in [0.717, 1.165) is 50.2 Å². The van der Waals surface area contributed by atoms with Crippen molar-refractivity contribution in [1.29, 1.82) is 0 Å². The van der Waals surface area contributed by atoms with Crippen LogP contribution in [0, 0.1) is 19.7 Å². The maximum absolute atomic E-state index is 14.5. The van der Waals surface area contributed by atoms with Gasteiger partial charge in [-0.25, -0.2) is 4.39 Å². The van der Waals surface area contributed by atoms with Crippen molar-refractivity contribution in [3.05, 3.63) is 58.7 Å². The molecule has 2 aromatic rings. The number of carbonyl (C=O) groups is 2. The number of hydrogen-bond donors (Lipinski definition) is 0. The molecular weight excluding hydrogens is 397 g/mol. The largest absolute Gasteiger partial charge is 0.457 e. The summed E-state index contributed by atoms with van der Waals surface area (Å²) in [6.07, 6.45) is 5.01. The van der Waals surface area contributed by atoms with Crippen molar-refractivity contribution < 1.29 is 23.5 Å². The van der Waals surface area contributed by atoms with Crippen molar-refractivity contribution in [2.24, 2.45) is 0 Å². The Balaban J connectivity index is 1.47. The van der Waals surface area contributed by atoms with Gasteiger partial charge in [0, 0.05) is 35.7 Å². The van der Waals surface area contributed by atoms with Gasteiger partial charge in [-0.2, -0.15) is 0 Å². The Morgan fingerprint density at radius 2 is 1.94 bits per heavy atom. The number of ether oxygens (including phenoxy) is 2. The topological polar surface area (TPSA) is 57.5 Å². The van der Waals surface area contributed by atoms with E-state index < -0.39 is 17.2 Å². The quantitative estimate of drug-likeness (QED) is 0.476. The van der Waals surface area contributed by atoms with Gasteiger partial charge in [0.05, 0.1) is 11.5 Å². The second kappa shape index (κ2) is 8.95. The lowest BCUT2D eigenvalue weighted by molar-refractivity contribution is -0.149. The summed E-state index contributed by atoms with van der Waals surface area (Å²) < 4.78 is 27.8. The van der Waals surface area contributed by atoms with Crippen LogP contribution >= 0.6 is 0 Å². The zero-order valence-corrected chi connectivity index (χ0v) is 18.3. The fourth-order valence-electron chi connectivity index (χ4n) is 5.11. The standard InChI is InChI=1S/C25H30FNO4/c1-17-14-20(18(2)27(17)15-19-8-7-13-30-19)23(28)16-31-24(29)25(11-5-6-12-25)21-9-3-4-10-22(21)26/h3-4,9-10,14,19H,5-8,11-13,15-16H2,1-2H3/t19-/m1/s1. The molecule has 1 aliphatic heterocycles. The van der Waals surface area contributed by atoms with Crippen molar-refractivity contribution in [2.75, 3.05) is 13.2 Å². The van der Waals surface area contributed by atoms with E-state index in [1.54, 1.807) is 18.2 Å². The summed E-state index contributed by atoms with van der Waals surface area (Å²) in [5, 5.41) is 0. The molecule has 0 radical (unpaired) electrons. The first-order valence-electron chi connectivity index (χ1n) is 11.2. The Bertz CT molecular complexity index is 968. The zero-order valence-electron chi connectivity index (χ0n) is 18.3. The van der Waals surface area contributed by atoms with Crippen LogP contribution in [-0.4, -0.2) is 35.6 Å². The first kappa shape index (κ1) is 21.8.